The van der Waals surface area contributed by atoms with Crippen LogP contribution in [0.3, 0.4) is 0 Å². The first-order valence-electron chi connectivity index (χ1n) is 2.78. The standard InChI is InChI=1S/C6H9N2.Y/c1-3-6-4-7-8-5(6)2;/h4H,3H2,1-2H3;/q-1;. The quantitative estimate of drug-likeness (QED) is 0.670. The minimum absolute atomic E-state index is 0. The molecule has 0 unspecified atom stereocenters. The SMILES string of the molecule is CCc1cn[n-]c1C.[Y]. The molecule has 0 fully saturated rings. The summed E-state index contributed by atoms with van der Waals surface area (Å²) in [5, 5.41) is 7.58. The maximum absolute atomic E-state index is 3.84. The molecule has 0 bridgehead atoms. The molecule has 0 spiro atoms. The number of nitrogens with zero attached hydrogens (tertiary/aromatic N) is 2. The van der Waals surface area contributed by atoms with E-state index in [9.17, 15) is 0 Å². The van der Waals surface area contributed by atoms with Crippen LogP contribution in [-0.4, -0.2) is 5.10 Å². The Labute approximate surface area is 80.3 Å². The van der Waals surface area contributed by atoms with Crippen molar-refractivity contribution >= 4 is 0 Å². The van der Waals surface area contributed by atoms with Crippen LogP contribution in [0.4, 0.5) is 0 Å². The van der Waals surface area contributed by atoms with Crippen LogP contribution in [0.5, 0.6) is 0 Å². The van der Waals surface area contributed by atoms with Gasteiger partial charge < -0.3 is 10.2 Å². The summed E-state index contributed by atoms with van der Waals surface area (Å²) in [6, 6.07) is 0. The van der Waals surface area contributed by atoms with E-state index in [0.29, 0.717) is 0 Å². The molecule has 0 aliphatic rings. The van der Waals surface area contributed by atoms with Gasteiger partial charge in [0.25, 0.3) is 0 Å². The van der Waals surface area contributed by atoms with Gasteiger partial charge in [-0.05, 0) is 12.0 Å². The fourth-order valence-electron chi connectivity index (χ4n) is 0.690. The van der Waals surface area contributed by atoms with Crippen LogP contribution in [-0.2, 0) is 39.1 Å². The minimum Gasteiger partial charge on any atom is -0.579 e. The van der Waals surface area contributed by atoms with Gasteiger partial charge in [-0.25, -0.2) is 0 Å². The Morgan fingerprint density at radius 1 is 1.67 bits per heavy atom. The average molecular weight is 198 g/mol. The molecule has 1 aromatic heterocycles. The zero-order chi connectivity index (χ0) is 5.98. The van der Waals surface area contributed by atoms with Crippen LogP contribution in [0, 0.1) is 6.92 Å². The molecule has 0 aromatic carbocycles. The largest absolute Gasteiger partial charge is 0.579 e. The van der Waals surface area contributed by atoms with Gasteiger partial charge in [-0.15, -0.1) is 5.69 Å². The fourth-order valence-corrected chi connectivity index (χ4v) is 0.690. The molecule has 1 heterocycles. The number of rotatable bonds is 1. The molecule has 1 radical (unpaired) electrons. The van der Waals surface area contributed by atoms with Crippen molar-refractivity contribution in [3.8, 4) is 0 Å². The van der Waals surface area contributed by atoms with E-state index in [1.165, 1.54) is 5.56 Å². The fraction of sp³-hybridized carbons (Fsp3) is 0.500. The molecule has 0 amide bonds. The second-order valence-electron chi connectivity index (χ2n) is 1.81. The third-order valence-corrected chi connectivity index (χ3v) is 1.27. The van der Waals surface area contributed by atoms with Gasteiger partial charge in [-0.1, -0.05) is 13.8 Å². The molecule has 1 aromatic rings. The molecule has 0 saturated heterocycles. The van der Waals surface area contributed by atoms with Gasteiger partial charge in [0.15, 0.2) is 0 Å². The van der Waals surface area contributed by atoms with E-state index in [4.69, 9.17) is 0 Å². The van der Waals surface area contributed by atoms with Crippen molar-refractivity contribution in [2.75, 3.05) is 0 Å². The Bertz CT molecular complexity index is 171. The minimum atomic E-state index is 0. The summed E-state index contributed by atoms with van der Waals surface area (Å²) in [6.07, 6.45) is 2.86. The summed E-state index contributed by atoms with van der Waals surface area (Å²) in [5.74, 6) is 0. The van der Waals surface area contributed by atoms with E-state index >= 15 is 0 Å². The van der Waals surface area contributed by atoms with Crippen molar-refractivity contribution < 1.29 is 32.7 Å². The predicted molar refractivity (Wildman–Crippen MR) is 31.7 cm³/mol. The number of aryl methyl sites for hydroxylation is 2. The molecule has 9 heavy (non-hydrogen) atoms. The third-order valence-electron chi connectivity index (χ3n) is 1.27. The van der Waals surface area contributed by atoms with Gasteiger partial charge in [-0.2, -0.15) is 0 Å². The van der Waals surface area contributed by atoms with Crippen LogP contribution in [0.15, 0.2) is 6.20 Å². The molecule has 3 heteroatoms. The van der Waals surface area contributed by atoms with Gasteiger partial charge in [0.1, 0.15) is 0 Å². The van der Waals surface area contributed by atoms with Gasteiger partial charge >= 0.3 is 0 Å². The normalized spacial score (nSPS) is 8.67. The summed E-state index contributed by atoms with van der Waals surface area (Å²) in [7, 11) is 0. The predicted octanol–water partition coefficient (Wildman–Crippen LogP) is 0.907. The van der Waals surface area contributed by atoms with Crippen molar-refractivity contribution in [1.29, 1.82) is 0 Å². The van der Waals surface area contributed by atoms with Crippen molar-refractivity contribution in [2.45, 2.75) is 20.3 Å². The van der Waals surface area contributed by atoms with Crippen molar-refractivity contribution in [3.05, 3.63) is 17.5 Å². The van der Waals surface area contributed by atoms with Crippen molar-refractivity contribution in [1.82, 2.24) is 10.2 Å². The molecule has 0 saturated carbocycles. The van der Waals surface area contributed by atoms with Gasteiger partial charge in [0.2, 0.25) is 0 Å². The van der Waals surface area contributed by atoms with E-state index in [-0.39, 0.29) is 32.7 Å². The molecular formula is C6H9N2Y-. The van der Waals surface area contributed by atoms with Crippen molar-refractivity contribution in [2.24, 2.45) is 0 Å². The second-order valence-corrected chi connectivity index (χ2v) is 1.81. The molecule has 0 N–H and O–H groups in total. The summed E-state index contributed by atoms with van der Waals surface area (Å²) < 4.78 is 0. The number of aromatic nitrogens is 2. The smallest absolute Gasteiger partial charge is 0.00542 e. The van der Waals surface area contributed by atoms with Crippen LogP contribution in [0.1, 0.15) is 18.2 Å². The van der Waals surface area contributed by atoms with Gasteiger partial charge in [0.05, 0.1) is 0 Å². The van der Waals surface area contributed by atoms with E-state index in [0.717, 1.165) is 12.1 Å². The van der Waals surface area contributed by atoms with Crippen LogP contribution < -0.4 is 5.10 Å². The topological polar surface area (TPSA) is 27.0 Å². The van der Waals surface area contributed by atoms with Crippen LogP contribution >= 0.6 is 0 Å². The number of hydrogen-bond acceptors (Lipinski definition) is 1. The molecule has 1 rings (SSSR count). The summed E-state index contributed by atoms with van der Waals surface area (Å²) in [4.78, 5) is 0. The first-order chi connectivity index (χ1) is 3.84. The summed E-state index contributed by atoms with van der Waals surface area (Å²) in [6.45, 7) is 4.08. The average Bonchev–Trinajstić information content (AvgIpc) is 2.14. The van der Waals surface area contributed by atoms with E-state index < -0.39 is 0 Å². The maximum Gasteiger partial charge on any atom is 0.00542 e. The summed E-state index contributed by atoms with van der Waals surface area (Å²) >= 11 is 0. The third kappa shape index (κ3) is 2.19. The molecule has 2 nitrogen and oxygen atoms in total. The monoisotopic (exact) mass is 198 g/mol. The van der Waals surface area contributed by atoms with Gasteiger partial charge in [-0.3, -0.25) is 0 Å². The van der Waals surface area contributed by atoms with Crippen molar-refractivity contribution in [3.63, 3.8) is 0 Å². The van der Waals surface area contributed by atoms with Crippen LogP contribution in [0.2, 0.25) is 0 Å². The zero-order valence-corrected chi connectivity index (χ0v) is 8.59. The second kappa shape index (κ2) is 4.18. The van der Waals surface area contributed by atoms with E-state index in [1.807, 2.05) is 13.1 Å². The molecule has 0 aliphatic heterocycles. The Morgan fingerprint density at radius 2 is 2.33 bits per heavy atom. The van der Waals surface area contributed by atoms with E-state index in [2.05, 4.69) is 17.1 Å². The Balaban J connectivity index is 0.000000640. The summed E-state index contributed by atoms with van der Waals surface area (Å²) in [5.41, 5.74) is 2.32. The van der Waals surface area contributed by atoms with Crippen LogP contribution in [0.25, 0.3) is 0 Å². The molecular weight excluding hydrogens is 189 g/mol. The zero-order valence-electron chi connectivity index (χ0n) is 5.76. The molecule has 0 atom stereocenters. The maximum atomic E-state index is 3.84. The Morgan fingerprint density at radius 3 is 2.56 bits per heavy atom. The van der Waals surface area contributed by atoms with E-state index in [1.54, 1.807) is 0 Å². The van der Waals surface area contributed by atoms with Gasteiger partial charge in [0, 0.05) is 38.9 Å². The first-order valence-corrected chi connectivity index (χ1v) is 2.78. The Kier molecular flexibility index (Phi) is 4.33. The Hall–Kier alpha value is 0.314. The number of hydrogen-bond donors (Lipinski definition) is 0. The molecule has 47 valence electrons. The first kappa shape index (κ1) is 9.31. The molecule has 0 aliphatic carbocycles.